The molecule has 2 heterocycles. The van der Waals surface area contributed by atoms with Crippen LogP contribution in [0.4, 0.5) is 6.01 Å². The van der Waals surface area contributed by atoms with Crippen molar-refractivity contribution in [1.82, 2.24) is 14.8 Å². The van der Waals surface area contributed by atoms with Crippen LogP contribution in [0.2, 0.25) is 0 Å². The molecule has 0 atom stereocenters. The van der Waals surface area contributed by atoms with Crippen LogP contribution >= 0.6 is 0 Å². The number of carbonyl (C=O) groups excluding carboxylic acids is 2. The van der Waals surface area contributed by atoms with Gasteiger partial charge in [-0.25, -0.2) is 0 Å². The average Bonchev–Trinajstić information content (AvgIpc) is 3.12. The number of carbonyl (C=O) groups is 2. The van der Waals surface area contributed by atoms with Gasteiger partial charge in [-0.3, -0.25) is 9.59 Å². The van der Waals surface area contributed by atoms with Gasteiger partial charge in [0.05, 0.1) is 6.54 Å². The fraction of sp³-hybridized carbons (Fsp3) is 0.550. The van der Waals surface area contributed by atoms with Crippen LogP contribution in [0, 0.1) is 5.92 Å². The van der Waals surface area contributed by atoms with Gasteiger partial charge in [-0.1, -0.05) is 12.1 Å². The first kappa shape index (κ1) is 19.2. The lowest BCUT2D eigenvalue weighted by Gasteiger charge is -2.32. The summed E-state index contributed by atoms with van der Waals surface area (Å²) in [4.78, 5) is 34.9. The van der Waals surface area contributed by atoms with Crippen molar-refractivity contribution >= 4 is 28.9 Å². The number of anilines is 1. The van der Waals surface area contributed by atoms with E-state index in [1.54, 1.807) is 16.8 Å². The van der Waals surface area contributed by atoms with E-state index in [2.05, 4.69) is 9.88 Å². The molecule has 1 aromatic heterocycles. The molecule has 1 aliphatic rings. The molecule has 0 spiro atoms. The highest BCUT2D eigenvalue weighted by atomic mass is 16.4. The van der Waals surface area contributed by atoms with Crippen molar-refractivity contribution in [3.63, 3.8) is 0 Å². The number of para-hydroxylation sites is 2. The van der Waals surface area contributed by atoms with E-state index in [9.17, 15) is 9.59 Å². The van der Waals surface area contributed by atoms with Crippen LogP contribution in [0.25, 0.3) is 11.1 Å². The number of likely N-dealkylation sites (N-methyl/N-ethyl adjacent to an activating group) is 2. The van der Waals surface area contributed by atoms with E-state index in [1.807, 2.05) is 38.1 Å². The summed E-state index contributed by atoms with van der Waals surface area (Å²) in [6.45, 7) is 6.82. The second-order valence-corrected chi connectivity index (χ2v) is 6.99. The Bertz CT molecular complexity index is 758. The van der Waals surface area contributed by atoms with Crippen LogP contribution in [-0.4, -0.2) is 66.4 Å². The molecule has 2 aromatic rings. The first-order chi connectivity index (χ1) is 13.0. The summed E-state index contributed by atoms with van der Waals surface area (Å²) in [6, 6.07) is 8.32. The first-order valence-corrected chi connectivity index (χ1v) is 9.66. The van der Waals surface area contributed by atoms with Crippen molar-refractivity contribution in [2.24, 2.45) is 5.92 Å². The molecule has 2 amide bonds. The smallest absolute Gasteiger partial charge is 0.298 e. The standard InChI is InChI=1S/C20H28N4O3/c1-4-23(5-2)18(25)14-22(3)19(26)15-10-12-24(13-11-15)20-21-16-8-6-7-9-17(16)27-20/h6-9,15H,4-5,10-14H2,1-3H3. The Morgan fingerprint density at radius 2 is 1.85 bits per heavy atom. The quantitative estimate of drug-likeness (QED) is 0.779. The molecular weight excluding hydrogens is 344 g/mol. The van der Waals surface area contributed by atoms with Gasteiger partial charge in [0.2, 0.25) is 11.8 Å². The lowest BCUT2D eigenvalue weighted by molar-refractivity contribution is -0.141. The predicted octanol–water partition coefficient (Wildman–Crippen LogP) is 2.37. The van der Waals surface area contributed by atoms with Gasteiger partial charge in [0.15, 0.2) is 5.58 Å². The second-order valence-electron chi connectivity index (χ2n) is 6.99. The maximum Gasteiger partial charge on any atom is 0.298 e. The Hall–Kier alpha value is -2.57. The Labute approximate surface area is 159 Å². The molecule has 0 radical (unpaired) electrons. The number of hydrogen-bond donors (Lipinski definition) is 0. The summed E-state index contributed by atoms with van der Waals surface area (Å²) < 4.78 is 5.82. The maximum atomic E-state index is 12.7. The number of fused-ring (bicyclic) bond motifs is 1. The SMILES string of the molecule is CCN(CC)C(=O)CN(C)C(=O)C1CCN(c2nc3ccccc3o2)CC1. The van der Waals surface area contributed by atoms with E-state index in [4.69, 9.17) is 4.42 Å². The molecule has 3 rings (SSSR count). The lowest BCUT2D eigenvalue weighted by atomic mass is 9.95. The minimum Gasteiger partial charge on any atom is -0.423 e. The van der Waals surface area contributed by atoms with Gasteiger partial charge in [0.25, 0.3) is 6.01 Å². The topological polar surface area (TPSA) is 69.9 Å². The van der Waals surface area contributed by atoms with Crippen LogP contribution in [0.5, 0.6) is 0 Å². The average molecular weight is 372 g/mol. The normalized spacial score (nSPS) is 15.1. The number of hydrogen-bond acceptors (Lipinski definition) is 5. The molecule has 1 fully saturated rings. The number of amides is 2. The Morgan fingerprint density at radius 1 is 1.19 bits per heavy atom. The van der Waals surface area contributed by atoms with E-state index in [0.29, 0.717) is 19.1 Å². The third kappa shape index (κ3) is 4.23. The van der Waals surface area contributed by atoms with Gasteiger partial charge in [-0.15, -0.1) is 0 Å². The highest BCUT2D eigenvalue weighted by molar-refractivity contribution is 5.86. The highest BCUT2D eigenvalue weighted by Gasteiger charge is 2.30. The van der Waals surface area contributed by atoms with E-state index in [0.717, 1.165) is 37.0 Å². The number of aromatic nitrogens is 1. The van der Waals surface area contributed by atoms with Crippen molar-refractivity contribution in [2.75, 3.05) is 44.7 Å². The molecule has 27 heavy (non-hydrogen) atoms. The molecule has 1 aromatic carbocycles. The molecule has 1 saturated heterocycles. The molecule has 0 bridgehead atoms. The molecule has 7 heteroatoms. The molecule has 7 nitrogen and oxygen atoms in total. The first-order valence-electron chi connectivity index (χ1n) is 9.66. The third-order valence-corrected chi connectivity index (χ3v) is 5.26. The summed E-state index contributed by atoms with van der Waals surface area (Å²) in [5.41, 5.74) is 1.63. The van der Waals surface area contributed by atoms with E-state index >= 15 is 0 Å². The molecule has 0 unspecified atom stereocenters. The summed E-state index contributed by atoms with van der Waals surface area (Å²) in [7, 11) is 1.72. The number of rotatable bonds is 6. The fourth-order valence-electron chi connectivity index (χ4n) is 3.58. The number of nitrogens with zero attached hydrogens (tertiary/aromatic N) is 4. The van der Waals surface area contributed by atoms with Crippen molar-refractivity contribution in [1.29, 1.82) is 0 Å². The van der Waals surface area contributed by atoms with E-state index < -0.39 is 0 Å². The van der Waals surface area contributed by atoms with E-state index in [-0.39, 0.29) is 24.3 Å². The Kier molecular flexibility index (Phi) is 5.98. The van der Waals surface area contributed by atoms with Gasteiger partial charge >= 0.3 is 0 Å². The molecule has 0 saturated carbocycles. The van der Waals surface area contributed by atoms with Gasteiger partial charge in [-0.05, 0) is 38.8 Å². The van der Waals surface area contributed by atoms with Gasteiger partial charge < -0.3 is 19.1 Å². The van der Waals surface area contributed by atoms with Crippen LogP contribution < -0.4 is 4.90 Å². The van der Waals surface area contributed by atoms with Crippen LogP contribution in [0.3, 0.4) is 0 Å². The van der Waals surface area contributed by atoms with Crippen molar-refractivity contribution in [2.45, 2.75) is 26.7 Å². The van der Waals surface area contributed by atoms with Crippen molar-refractivity contribution < 1.29 is 14.0 Å². The Morgan fingerprint density at radius 3 is 2.48 bits per heavy atom. The zero-order valence-electron chi connectivity index (χ0n) is 16.4. The molecule has 0 aliphatic carbocycles. The molecular formula is C20H28N4O3. The Balaban J connectivity index is 1.55. The summed E-state index contributed by atoms with van der Waals surface area (Å²) >= 11 is 0. The maximum absolute atomic E-state index is 12.7. The monoisotopic (exact) mass is 372 g/mol. The number of piperidine rings is 1. The second kappa shape index (κ2) is 8.41. The van der Waals surface area contributed by atoms with Crippen LogP contribution in [-0.2, 0) is 9.59 Å². The largest absolute Gasteiger partial charge is 0.423 e. The van der Waals surface area contributed by atoms with Crippen molar-refractivity contribution in [3.8, 4) is 0 Å². The minimum absolute atomic E-state index is 0.000221. The lowest BCUT2D eigenvalue weighted by Crippen LogP contribution is -2.45. The minimum atomic E-state index is -0.0554. The van der Waals surface area contributed by atoms with E-state index in [1.165, 1.54) is 0 Å². The van der Waals surface area contributed by atoms with Crippen LogP contribution in [0.1, 0.15) is 26.7 Å². The third-order valence-electron chi connectivity index (χ3n) is 5.26. The molecule has 0 N–H and O–H groups in total. The molecule has 1 aliphatic heterocycles. The van der Waals surface area contributed by atoms with Gasteiger partial charge in [-0.2, -0.15) is 4.98 Å². The van der Waals surface area contributed by atoms with Gasteiger partial charge in [0, 0.05) is 39.1 Å². The zero-order valence-corrected chi connectivity index (χ0v) is 16.4. The summed E-state index contributed by atoms with van der Waals surface area (Å²) in [6.07, 6.45) is 1.47. The predicted molar refractivity (Wildman–Crippen MR) is 105 cm³/mol. The fourth-order valence-corrected chi connectivity index (χ4v) is 3.58. The molecule has 146 valence electrons. The number of oxazole rings is 1. The highest BCUT2D eigenvalue weighted by Crippen LogP contribution is 2.27. The van der Waals surface area contributed by atoms with Crippen LogP contribution in [0.15, 0.2) is 28.7 Å². The summed E-state index contributed by atoms with van der Waals surface area (Å²) in [5, 5.41) is 0. The zero-order chi connectivity index (χ0) is 19.4. The number of benzene rings is 1. The summed E-state index contributed by atoms with van der Waals surface area (Å²) in [5.74, 6) is -0.00684. The van der Waals surface area contributed by atoms with Gasteiger partial charge in [0.1, 0.15) is 5.52 Å². The van der Waals surface area contributed by atoms with Crippen molar-refractivity contribution in [3.05, 3.63) is 24.3 Å².